The smallest absolute Gasteiger partial charge is 0.150 e. The second kappa shape index (κ2) is 9.83. The predicted octanol–water partition coefficient (Wildman–Crippen LogP) is 6.24. The average Bonchev–Trinajstić information content (AvgIpc) is 2.69. The van der Waals surface area contributed by atoms with Crippen molar-refractivity contribution in [3.05, 3.63) is 41.6 Å². The number of unbranched alkanes of at least 4 members (excludes halogenated alkanes) is 7. The fraction of sp³-hybridized carbons (Fsp3) is 0.500. The third-order valence-electron chi connectivity index (χ3n) is 5.55. The number of anilines is 1. The van der Waals surface area contributed by atoms with Crippen LogP contribution in [0, 0.1) is 6.92 Å². The van der Waals surface area contributed by atoms with Gasteiger partial charge in [-0.1, -0.05) is 70.4 Å². The monoisotopic (exact) mass is 379 g/mol. The number of pyridine rings is 2. The standard InChI is InChI=1S/C24H33N3O/c1-3-4-5-6-7-8-9-10-11-22(28)18-15-20-19-13-12-17(2)14-21(19)27-24(25)23(20)26-16-18/h12-16,22,28H,3-11H2,1-2H3,(H2,25,27). The maximum Gasteiger partial charge on any atom is 0.150 e. The maximum atomic E-state index is 10.7. The molecule has 28 heavy (non-hydrogen) atoms. The molecule has 1 unspecified atom stereocenters. The van der Waals surface area contributed by atoms with Crippen molar-refractivity contribution in [3.63, 3.8) is 0 Å². The van der Waals surface area contributed by atoms with E-state index < -0.39 is 6.10 Å². The predicted molar refractivity (Wildman–Crippen MR) is 118 cm³/mol. The van der Waals surface area contributed by atoms with Crippen molar-refractivity contribution >= 4 is 27.6 Å². The number of aliphatic hydroxyl groups excluding tert-OH is 1. The highest BCUT2D eigenvalue weighted by atomic mass is 16.3. The van der Waals surface area contributed by atoms with E-state index in [9.17, 15) is 5.11 Å². The number of rotatable bonds is 10. The Kier molecular flexibility index (Phi) is 7.21. The molecule has 0 aliphatic carbocycles. The number of nitrogens with zero attached hydrogens (tertiary/aromatic N) is 2. The van der Waals surface area contributed by atoms with Crippen LogP contribution in [0.25, 0.3) is 21.8 Å². The molecule has 0 aliphatic rings. The Balaban J connectivity index is 1.65. The Morgan fingerprint density at radius 3 is 2.43 bits per heavy atom. The van der Waals surface area contributed by atoms with Gasteiger partial charge in [-0.25, -0.2) is 4.98 Å². The Morgan fingerprint density at radius 2 is 1.68 bits per heavy atom. The third kappa shape index (κ3) is 4.99. The van der Waals surface area contributed by atoms with E-state index in [0.29, 0.717) is 11.3 Å². The van der Waals surface area contributed by atoms with Crippen molar-refractivity contribution in [3.8, 4) is 0 Å². The zero-order valence-corrected chi connectivity index (χ0v) is 17.2. The summed E-state index contributed by atoms with van der Waals surface area (Å²) in [5.74, 6) is 0.442. The number of aromatic nitrogens is 2. The lowest BCUT2D eigenvalue weighted by atomic mass is 10.00. The quantitative estimate of drug-likeness (QED) is 0.323. The highest BCUT2D eigenvalue weighted by Gasteiger charge is 2.13. The molecule has 4 nitrogen and oxygen atoms in total. The second-order valence-electron chi connectivity index (χ2n) is 7.96. The van der Waals surface area contributed by atoms with Crippen LogP contribution in [0.1, 0.15) is 81.9 Å². The molecule has 0 amide bonds. The van der Waals surface area contributed by atoms with Crippen LogP contribution in [0.2, 0.25) is 0 Å². The molecule has 0 saturated heterocycles. The highest BCUT2D eigenvalue weighted by molar-refractivity contribution is 6.08. The van der Waals surface area contributed by atoms with Crippen LogP contribution in [0.5, 0.6) is 0 Å². The van der Waals surface area contributed by atoms with Crippen molar-refractivity contribution < 1.29 is 5.11 Å². The first-order chi connectivity index (χ1) is 13.6. The number of fused-ring (bicyclic) bond motifs is 3. The van der Waals surface area contributed by atoms with Crippen LogP contribution in [0.3, 0.4) is 0 Å². The van der Waals surface area contributed by atoms with Gasteiger partial charge in [0, 0.05) is 17.0 Å². The van der Waals surface area contributed by atoms with E-state index in [4.69, 9.17) is 5.73 Å². The second-order valence-corrected chi connectivity index (χ2v) is 7.96. The summed E-state index contributed by atoms with van der Waals surface area (Å²) in [6.45, 7) is 4.29. The van der Waals surface area contributed by atoms with Gasteiger partial charge in [-0.05, 0) is 36.6 Å². The van der Waals surface area contributed by atoms with Gasteiger partial charge in [0.2, 0.25) is 0 Å². The molecule has 2 aromatic heterocycles. The van der Waals surface area contributed by atoms with Crippen molar-refractivity contribution in [2.45, 2.75) is 77.7 Å². The van der Waals surface area contributed by atoms with Crippen LogP contribution in [-0.2, 0) is 0 Å². The molecule has 3 rings (SSSR count). The van der Waals surface area contributed by atoms with Gasteiger partial charge in [0.15, 0.2) is 5.82 Å². The minimum Gasteiger partial charge on any atom is -0.388 e. The van der Waals surface area contributed by atoms with Crippen LogP contribution in [-0.4, -0.2) is 15.1 Å². The zero-order chi connectivity index (χ0) is 19.9. The number of hydrogen-bond donors (Lipinski definition) is 2. The van der Waals surface area contributed by atoms with Gasteiger partial charge in [-0.3, -0.25) is 4.98 Å². The summed E-state index contributed by atoms with van der Waals surface area (Å²) in [6, 6.07) is 8.21. The Morgan fingerprint density at radius 1 is 0.964 bits per heavy atom. The van der Waals surface area contributed by atoms with Crippen LogP contribution in [0.4, 0.5) is 5.82 Å². The van der Waals surface area contributed by atoms with Gasteiger partial charge < -0.3 is 10.8 Å². The van der Waals surface area contributed by atoms with E-state index in [1.54, 1.807) is 6.20 Å². The summed E-state index contributed by atoms with van der Waals surface area (Å²) in [6.07, 6.45) is 12.2. The Bertz CT molecular complexity index is 923. The average molecular weight is 380 g/mol. The van der Waals surface area contributed by atoms with E-state index in [2.05, 4.69) is 29.0 Å². The molecule has 0 fully saturated rings. The van der Waals surface area contributed by atoms with Crippen molar-refractivity contribution in [2.24, 2.45) is 0 Å². The number of nitrogens with two attached hydrogens (primary N) is 1. The molecule has 1 atom stereocenters. The number of aliphatic hydroxyl groups is 1. The molecular formula is C24H33N3O. The summed E-state index contributed by atoms with van der Waals surface area (Å²) in [5, 5.41) is 12.6. The van der Waals surface area contributed by atoms with Gasteiger partial charge in [0.05, 0.1) is 11.6 Å². The molecule has 3 N–H and O–H groups in total. The minimum absolute atomic E-state index is 0.442. The third-order valence-corrected chi connectivity index (χ3v) is 5.55. The molecule has 3 aromatic rings. The fourth-order valence-electron chi connectivity index (χ4n) is 3.86. The molecule has 1 aromatic carbocycles. The van der Waals surface area contributed by atoms with E-state index in [1.807, 2.05) is 19.1 Å². The Labute approximate surface area is 168 Å². The van der Waals surface area contributed by atoms with E-state index in [1.165, 1.54) is 44.9 Å². The summed E-state index contributed by atoms with van der Waals surface area (Å²) >= 11 is 0. The van der Waals surface area contributed by atoms with Gasteiger partial charge in [-0.15, -0.1) is 0 Å². The van der Waals surface area contributed by atoms with E-state index >= 15 is 0 Å². The minimum atomic E-state index is -0.480. The van der Waals surface area contributed by atoms with Crippen LogP contribution < -0.4 is 5.73 Å². The van der Waals surface area contributed by atoms with Gasteiger partial charge in [-0.2, -0.15) is 0 Å². The van der Waals surface area contributed by atoms with Crippen molar-refractivity contribution in [1.82, 2.24) is 9.97 Å². The molecule has 4 heteroatoms. The Hall–Kier alpha value is -2.20. The lowest BCUT2D eigenvalue weighted by molar-refractivity contribution is 0.163. The lowest BCUT2D eigenvalue weighted by Crippen LogP contribution is -2.01. The van der Waals surface area contributed by atoms with Crippen molar-refractivity contribution in [2.75, 3.05) is 5.73 Å². The first-order valence-electron chi connectivity index (χ1n) is 10.7. The topological polar surface area (TPSA) is 72.0 Å². The summed E-state index contributed by atoms with van der Waals surface area (Å²) in [5.41, 5.74) is 9.72. The SMILES string of the molecule is CCCCCCCCCCC(O)c1cnc2c(N)nc3cc(C)ccc3c2c1. The number of hydrogen-bond acceptors (Lipinski definition) is 4. The maximum absolute atomic E-state index is 10.7. The lowest BCUT2D eigenvalue weighted by Gasteiger charge is -2.13. The molecule has 0 radical (unpaired) electrons. The first-order valence-corrected chi connectivity index (χ1v) is 10.7. The molecule has 0 aliphatic heterocycles. The van der Waals surface area contributed by atoms with E-state index in [0.717, 1.165) is 40.3 Å². The highest BCUT2D eigenvalue weighted by Crippen LogP contribution is 2.30. The largest absolute Gasteiger partial charge is 0.388 e. The first kappa shape index (κ1) is 20.5. The number of aryl methyl sites for hydroxylation is 1. The number of nitrogen functional groups attached to an aromatic ring is 1. The van der Waals surface area contributed by atoms with Gasteiger partial charge in [0.25, 0.3) is 0 Å². The molecular weight excluding hydrogens is 346 g/mol. The zero-order valence-electron chi connectivity index (χ0n) is 17.2. The van der Waals surface area contributed by atoms with Crippen LogP contribution >= 0.6 is 0 Å². The molecule has 150 valence electrons. The summed E-state index contributed by atoms with van der Waals surface area (Å²) < 4.78 is 0. The summed E-state index contributed by atoms with van der Waals surface area (Å²) in [7, 11) is 0. The fourth-order valence-corrected chi connectivity index (χ4v) is 3.86. The summed E-state index contributed by atoms with van der Waals surface area (Å²) in [4.78, 5) is 9.00. The molecule has 0 spiro atoms. The van der Waals surface area contributed by atoms with Crippen molar-refractivity contribution in [1.29, 1.82) is 0 Å². The van der Waals surface area contributed by atoms with Gasteiger partial charge >= 0.3 is 0 Å². The molecule has 0 bridgehead atoms. The normalized spacial score (nSPS) is 12.7. The van der Waals surface area contributed by atoms with Crippen LogP contribution in [0.15, 0.2) is 30.5 Å². The molecule has 0 saturated carbocycles. The van der Waals surface area contributed by atoms with Gasteiger partial charge in [0.1, 0.15) is 5.52 Å². The molecule has 2 heterocycles. The number of benzene rings is 1. The van der Waals surface area contributed by atoms with E-state index in [-0.39, 0.29) is 0 Å².